The molecule has 1 aliphatic carbocycles. The van der Waals surface area contributed by atoms with Gasteiger partial charge < -0.3 is 29.2 Å². The standard InChI is InChI=1S/C39H39N3O5/c1-44-31-10-4-27(5-11-31)33-14-6-29(25-38(33)45-2)28-7-15-34-36(24-28)40-35-16-3-26(23-37(35)41-39(34)43)17-20-47-32-12-8-30(9-13-32)42-18-21-46-22-19-42/h3-6,8-14,16,23-25,34H,7,15,17-22H2,1-2H3,(H,41,43). The van der Waals surface area contributed by atoms with Crippen LogP contribution in [0.5, 0.6) is 17.2 Å². The molecule has 4 aromatic rings. The molecule has 1 atom stereocenters. The number of allylic oxidation sites excluding steroid dienone is 2. The molecule has 1 unspecified atom stereocenters. The Morgan fingerprint density at radius 1 is 0.872 bits per heavy atom. The molecule has 8 heteroatoms. The second-order valence-electron chi connectivity index (χ2n) is 12.0. The fourth-order valence-corrected chi connectivity index (χ4v) is 6.46. The summed E-state index contributed by atoms with van der Waals surface area (Å²) in [5, 5.41) is 3.15. The van der Waals surface area contributed by atoms with Crippen LogP contribution in [0, 0.1) is 5.92 Å². The van der Waals surface area contributed by atoms with E-state index < -0.39 is 0 Å². The number of fused-ring (bicyclic) bond motifs is 2. The largest absolute Gasteiger partial charge is 0.497 e. The number of hydrogen-bond donors (Lipinski definition) is 1. The summed E-state index contributed by atoms with van der Waals surface area (Å²) < 4.78 is 22.6. The minimum atomic E-state index is -0.293. The highest BCUT2D eigenvalue weighted by molar-refractivity contribution is 6.19. The van der Waals surface area contributed by atoms with Crippen LogP contribution in [0.15, 0.2) is 96.0 Å². The highest BCUT2D eigenvalue weighted by Crippen LogP contribution is 2.39. The van der Waals surface area contributed by atoms with Crippen LogP contribution >= 0.6 is 0 Å². The third kappa shape index (κ3) is 6.74. The molecule has 7 rings (SSSR count). The smallest absolute Gasteiger partial charge is 0.233 e. The van der Waals surface area contributed by atoms with E-state index in [1.54, 1.807) is 14.2 Å². The summed E-state index contributed by atoms with van der Waals surface area (Å²) in [7, 11) is 3.36. The molecule has 0 spiro atoms. The van der Waals surface area contributed by atoms with Crippen molar-refractivity contribution in [3.05, 3.63) is 102 Å². The quantitative estimate of drug-likeness (QED) is 0.209. The molecule has 1 N–H and O–H groups in total. The van der Waals surface area contributed by atoms with E-state index in [1.807, 2.05) is 48.5 Å². The van der Waals surface area contributed by atoms with E-state index in [2.05, 4.69) is 52.7 Å². The number of amides is 1. The van der Waals surface area contributed by atoms with Gasteiger partial charge in [0, 0.05) is 30.8 Å². The number of nitrogens with one attached hydrogen (secondary N) is 1. The maximum Gasteiger partial charge on any atom is 0.233 e. The first-order chi connectivity index (χ1) is 23.1. The number of aliphatic imine (C=N–C) groups is 1. The summed E-state index contributed by atoms with van der Waals surface area (Å²) in [5.41, 5.74) is 8.84. The summed E-state index contributed by atoms with van der Waals surface area (Å²) in [6, 6.07) is 28.6. The number of carbonyl (C=O) groups excluding carboxylic acids is 1. The van der Waals surface area contributed by atoms with Gasteiger partial charge in [-0.15, -0.1) is 0 Å². The van der Waals surface area contributed by atoms with E-state index in [9.17, 15) is 4.79 Å². The molecule has 0 bridgehead atoms. The normalized spacial score (nSPS) is 17.4. The highest BCUT2D eigenvalue weighted by atomic mass is 16.5. The molecule has 4 aromatic carbocycles. The van der Waals surface area contributed by atoms with Gasteiger partial charge in [-0.3, -0.25) is 9.79 Å². The van der Waals surface area contributed by atoms with Crippen LogP contribution in [0.3, 0.4) is 0 Å². The summed E-state index contributed by atoms with van der Waals surface area (Å²) in [6.07, 6.45) is 4.26. The van der Waals surface area contributed by atoms with Gasteiger partial charge in [0.25, 0.3) is 0 Å². The van der Waals surface area contributed by atoms with Crippen LogP contribution in [-0.2, 0) is 16.0 Å². The number of benzene rings is 4. The van der Waals surface area contributed by atoms with Gasteiger partial charge in [0.1, 0.15) is 17.2 Å². The number of anilines is 2. The van der Waals surface area contributed by atoms with Crippen molar-refractivity contribution < 1.29 is 23.7 Å². The molecule has 1 fully saturated rings. The number of morpholine rings is 1. The SMILES string of the molecule is COc1ccc(-c2ccc(C3=CC4=Nc5ccc(CCOc6ccc(N7CCOCC7)cc6)cc5NC(=O)C4CC3)cc2OC)cc1. The number of rotatable bonds is 9. The first-order valence-corrected chi connectivity index (χ1v) is 16.2. The fourth-order valence-electron chi connectivity index (χ4n) is 6.46. The molecule has 0 aromatic heterocycles. The lowest BCUT2D eigenvalue weighted by Crippen LogP contribution is -2.36. The van der Waals surface area contributed by atoms with Crippen molar-refractivity contribution in [1.29, 1.82) is 0 Å². The van der Waals surface area contributed by atoms with Gasteiger partial charge in [-0.05, 0) is 95.8 Å². The fraction of sp³-hybridized carbons (Fsp3) is 0.282. The Labute approximate surface area is 275 Å². The summed E-state index contributed by atoms with van der Waals surface area (Å²) in [5.74, 6) is 2.14. The Hall–Kier alpha value is -5.08. The molecule has 0 radical (unpaired) electrons. The van der Waals surface area contributed by atoms with Gasteiger partial charge in [-0.1, -0.05) is 30.3 Å². The van der Waals surface area contributed by atoms with Gasteiger partial charge >= 0.3 is 0 Å². The van der Waals surface area contributed by atoms with E-state index >= 15 is 0 Å². The number of carbonyl (C=O) groups is 1. The number of hydrogen-bond acceptors (Lipinski definition) is 7. The second-order valence-corrected chi connectivity index (χ2v) is 12.0. The number of methoxy groups -OCH3 is 2. The lowest BCUT2D eigenvalue weighted by Gasteiger charge is -2.28. The molecule has 8 nitrogen and oxygen atoms in total. The van der Waals surface area contributed by atoms with E-state index in [4.69, 9.17) is 23.9 Å². The Balaban J connectivity index is 1.04. The average Bonchev–Trinajstić information content (AvgIpc) is 3.26. The van der Waals surface area contributed by atoms with Crippen LogP contribution in [-0.4, -0.2) is 58.7 Å². The molecule has 240 valence electrons. The predicted molar refractivity (Wildman–Crippen MR) is 187 cm³/mol. The maximum atomic E-state index is 13.4. The molecule has 1 saturated heterocycles. The minimum Gasteiger partial charge on any atom is -0.497 e. The van der Waals surface area contributed by atoms with Crippen molar-refractivity contribution in [1.82, 2.24) is 0 Å². The first-order valence-electron chi connectivity index (χ1n) is 16.2. The van der Waals surface area contributed by atoms with Crippen molar-refractivity contribution >= 4 is 34.3 Å². The van der Waals surface area contributed by atoms with Gasteiger partial charge in [0.05, 0.1) is 57.0 Å². The van der Waals surface area contributed by atoms with E-state index in [-0.39, 0.29) is 11.8 Å². The van der Waals surface area contributed by atoms with Crippen LogP contribution in [0.25, 0.3) is 16.7 Å². The predicted octanol–water partition coefficient (Wildman–Crippen LogP) is 7.35. The van der Waals surface area contributed by atoms with E-state index in [1.165, 1.54) is 5.69 Å². The van der Waals surface area contributed by atoms with Crippen LogP contribution < -0.4 is 24.4 Å². The van der Waals surface area contributed by atoms with Crippen molar-refractivity contribution in [3.8, 4) is 28.4 Å². The minimum absolute atomic E-state index is 0.0148. The van der Waals surface area contributed by atoms with Gasteiger partial charge in [0.15, 0.2) is 0 Å². The third-order valence-electron chi connectivity index (χ3n) is 9.11. The van der Waals surface area contributed by atoms with Crippen molar-refractivity contribution in [2.75, 3.05) is 57.3 Å². The highest BCUT2D eigenvalue weighted by Gasteiger charge is 2.31. The lowest BCUT2D eigenvalue weighted by atomic mass is 9.84. The third-order valence-corrected chi connectivity index (χ3v) is 9.11. The molecular formula is C39H39N3O5. The van der Waals surface area contributed by atoms with E-state index in [0.717, 1.165) is 94.9 Å². The molecule has 1 amide bonds. The van der Waals surface area contributed by atoms with Gasteiger partial charge in [-0.25, -0.2) is 0 Å². The second kappa shape index (κ2) is 13.7. The first kappa shape index (κ1) is 30.6. The summed E-state index contributed by atoms with van der Waals surface area (Å²) >= 11 is 0. The Morgan fingerprint density at radius 3 is 2.40 bits per heavy atom. The average molecular weight is 630 g/mol. The Bertz CT molecular complexity index is 1810. The maximum absolute atomic E-state index is 13.4. The van der Waals surface area contributed by atoms with Gasteiger partial charge in [-0.2, -0.15) is 0 Å². The number of ether oxygens (including phenoxy) is 4. The molecular weight excluding hydrogens is 590 g/mol. The Morgan fingerprint density at radius 2 is 1.64 bits per heavy atom. The van der Waals surface area contributed by atoms with Crippen molar-refractivity contribution in [2.45, 2.75) is 19.3 Å². The molecule has 3 aliphatic rings. The van der Waals surface area contributed by atoms with Crippen LogP contribution in [0.2, 0.25) is 0 Å². The molecule has 0 saturated carbocycles. The Kier molecular flexibility index (Phi) is 8.93. The zero-order chi connectivity index (χ0) is 32.2. The molecule has 2 aliphatic heterocycles. The molecule has 2 heterocycles. The zero-order valence-corrected chi connectivity index (χ0v) is 26.8. The summed E-state index contributed by atoms with van der Waals surface area (Å²) in [4.78, 5) is 20.7. The lowest BCUT2D eigenvalue weighted by molar-refractivity contribution is -0.118. The van der Waals surface area contributed by atoms with Crippen LogP contribution in [0.1, 0.15) is 24.0 Å². The summed E-state index contributed by atoms with van der Waals surface area (Å²) in [6.45, 7) is 3.89. The zero-order valence-electron chi connectivity index (χ0n) is 26.8. The van der Waals surface area contributed by atoms with Crippen molar-refractivity contribution in [2.24, 2.45) is 10.9 Å². The van der Waals surface area contributed by atoms with Crippen LogP contribution in [0.4, 0.5) is 17.1 Å². The van der Waals surface area contributed by atoms with Gasteiger partial charge in [0.2, 0.25) is 5.91 Å². The number of nitrogens with zero attached hydrogens (tertiary/aromatic N) is 2. The molecule has 47 heavy (non-hydrogen) atoms. The van der Waals surface area contributed by atoms with Crippen molar-refractivity contribution in [3.63, 3.8) is 0 Å². The monoisotopic (exact) mass is 629 g/mol. The topological polar surface area (TPSA) is 81.6 Å². The van der Waals surface area contributed by atoms with E-state index in [0.29, 0.717) is 19.4 Å².